The Hall–Kier alpha value is -1.18. The molecule has 4 unspecified atom stereocenters. The molecule has 4 heterocycles. The van der Waals surface area contributed by atoms with Crippen LogP contribution in [0.15, 0.2) is 0 Å². The lowest BCUT2D eigenvalue weighted by Crippen LogP contribution is -2.52. The van der Waals surface area contributed by atoms with E-state index in [1.807, 2.05) is 11.8 Å². The minimum Gasteiger partial charge on any atom is -0.373 e. The summed E-state index contributed by atoms with van der Waals surface area (Å²) in [5.41, 5.74) is 0. The van der Waals surface area contributed by atoms with E-state index in [4.69, 9.17) is 4.74 Å². The van der Waals surface area contributed by atoms with Crippen LogP contribution in [0.25, 0.3) is 0 Å². The number of rotatable bonds is 3. The Labute approximate surface area is 147 Å². The van der Waals surface area contributed by atoms with Gasteiger partial charge in [-0.05, 0) is 19.8 Å². The first kappa shape index (κ1) is 17.6. The largest absolute Gasteiger partial charge is 0.373 e. The van der Waals surface area contributed by atoms with Crippen molar-refractivity contribution in [2.24, 2.45) is 11.8 Å². The lowest BCUT2D eigenvalue weighted by Gasteiger charge is -2.34. The predicted molar refractivity (Wildman–Crippen MR) is 87.5 cm³/mol. The zero-order valence-electron chi connectivity index (χ0n) is 13.8. The number of halogens is 1. The van der Waals surface area contributed by atoms with Gasteiger partial charge in [-0.15, -0.1) is 12.4 Å². The third kappa shape index (κ3) is 2.62. The van der Waals surface area contributed by atoms with Crippen molar-refractivity contribution < 1.29 is 19.1 Å². The smallest absolute Gasteiger partial charge is 0.235 e. The average Bonchev–Trinajstić information content (AvgIpc) is 3.21. The maximum Gasteiger partial charge on any atom is 0.235 e. The molecule has 0 radical (unpaired) electrons. The summed E-state index contributed by atoms with van der Waals surface area (Å²) in [5.74, 6) is -0.832. The van der Waals surface area contributed by atoms with Crippen molar-refractivity contribution in [1.29, 1.82) is 0 Å². The first-order valence-corrected chi connectivity index (χ1v) is 8.59. The first-order chi connectivity index (χ1) is 11.1. The summed E-state index contributed by atoms with van der Waals surface area (Å²) in [6.07, 6.45) is 1.79. The molecule has 1 N–H and O–H groups in total. The van der Waals surface area contributed by atoms with Gasteiger partial charge >= 0.3 is 0 Å². The van der Waals surface area contributed by atoms with Crippen molar-refractivity contribution in [3.05, 3.63) is 0 Å². The molecule has 7 nitrogen and oxygen atoms in total. The Morgan fingerprint density at radius 3 is 2.42 bits per heavy atom. The Morgan fingerprint density at radius 2 is 1.83 bits per heavy atom. The Kier molecular flexibility index (Phi) is 4.86. The van der Waals surface area contributed by atoms with Gasteiger partial charge in [-0.2, -0.15) is 0 Å². The minimum absolute atomic E-state index is 0. The molecule has 2 bridgehead atoms. The summed E-state index contributed by atoms with van der Waals surface area (Å²) < 4.78 is 5.71. The number of amides is 3. The highest BCUT2D eigenvalue weighted by atomic mass is 35.5. The average molecular weight is 358 g/mol. The van der Waals surface area contributed by atoms with Crippen molar-refractivity contribution in [2.75, 3.05) is 26.2 Å². The van der Waals surface area contributed by atoms with Crippen molar-refractivity contribution in [3.63, 3.8) is 0 Å². The van der Waals surface area contributed by atoms with E-state index in [1.54, 1.807) is 0 Å². The van der Waals surface area contributed by atoms with Crippen LogP contribution in [0.4, 0.5) is 0 Å². The second-order valence-electron chi connectivity index (χ2n) is 7.06. The molecular formula is C16H24ClN3O4. The van der Waals surface area contributed by atoms with Gasteiger partial charge in [0, 0.05) is 38.6 Å². The second kappa shape index (κ2) is 6.61. The van der Waals surface area contributed by atoms with E-state index in [0.717, 1.165) is 25.9 Å². The van der Waals surface area contributed by atoms with Crippen molar-refractivity contribution in [2.45, 2.75) is 44.4 Å². The van der Waals surface area contributed by atoms with Crippen LogP contribution in [0.5, 0.6) is 0 Å². The molecule has 0 aromatic rings. The molecule has 4 saturated heterocycles. The van der Waals surface area contributed by atoms with E-state index in [-0.39, 0.29) is 73.2 Å². The summed E-state index contributed by atoms with van der Waals surface area (Å²) in [4.78, 5) is 40.6. The van der Waals surface area contributed by atoms with Crippen LogP contribution in [0.3, 0.4) is 0 Å². The molecule has 0 aromatic heterocycles. The maximum atomic E-state index is 12.5. The standard InChI is InChI=1S/C16H23N3O4.ClH/c1-9-8-17-5-7-18(9)12(20)4-6-19-15(21)13-10-2-3-11(23-10)14(13)16(19)22;/h9-11,13-14,17H,2-8H2,1H3;1H/t9-,10?,11?,13?,14?;/m0./s1. The molecule has 134 valence electrons. The summed E-state index contributed by atoms with van der Waals surface area (Å²) in [6, 6.07) is 0.157. The van der Waals surface area contributed by atoms with Crippen LogP contribution in [-0.4, -0.2) is 72.0 Å². The molecule has 4 aliphatic rings. The van der Waals surface area contributed by atoms with Gasteiger partial charge in [-0.25, -0.2) is 0 Å². The minimum atomic E-state index is -0.297. The first-order valence-electron chi connectivity index (χ1n) is 8.59. The molecular weight excluding hydrogens is 334 g/mol. The molecule has 0 aromatic carbocycles. The van der Waals surface area contributed by atoms with E-state index in [0.29, 0.717) is 6.54 Å². The van der Waals surface area contributed by atoms with Gasteiger partial charge < -0.3 is 15.0 Å². The van der Waals surface area contributed by atoms with Gasteiger partial charge in [-0.1, -0.05) is 0 Å². The number of carbonyl (C=O) groups excluding carboxylic acids is 3. The number of likely N-dealkylation sites (tertiary alicyclic amines) is 1. The van der Waals surface area contributed by atoms with Gasteiger partial charge in [-0.3, -0.25) is 19.3 Å². The summed E-state index contributed by atoms with van der Waals surface area (Å²) >= 11 is 0. The van der Waals surface area contributed by atoms with E-state index in [1.165, 1.54) is 4.90 Å². The van der Waals surface area contributed by atoms with E-state index >= 15 is 0 Å². The van der Waals surface area contributed by atoms with Crippen molar-refractivity contribution in [3.8, 4) is 0 Å². The Bertz CT molecular complexity index is 529. The highest BCUT2D eigenvalue weighted by Gasteiger charge is 2.62. The molecule has 0 spiro atoms. The van der Waals surface area contributed by atoms with Crippen LogP contribution < -0.4 is 5.32 Å². The topological polar surface area (TPSA) is 79.0 Å². The van der Waals surface area contributed by atoms with Gasteiger partial charge in [0.1, 0.15) is 0 Å². The zero-order chi connectivity index (χ0) is 16.1. The number of piperazine rings is 1. The molecule has 4 aliphatic heterocycles. The Balaban J connectivity index is 0.00000169. The van der Waals surface area contributed by atoms with E-state index in [2.05, 4.69) is 5.32 Å². The fraction of sp³-hybridized carbons (Fsp3) is 0.812. The number of imide groups is 1. The quantitative estimate of drug-likeness (QED) is 0.707. The molecule has 0 aliphatic carbocycles. The number of fused-ring (bicyclic) bond motifs is 5. The number of hydrogen-bond donors (Lipinski definition) is 1. The third-order valence-electron chi connectivity index (χ3n) is 5.75. The SMILES string of the molecule is C[C@H]1CNCCN1C(=O)CCN1C(=O)C2C3CCC(O3)C2C1=O.Cl. The molecule has 5 atom stereocenters. The summed E-state index contributed by atoms with van der Waals surface area (Å²) in [5, 5.41) is 3.25. The molecule has 0 saturated carbocycles. The van der Waals surface area contributed by atoms with Crippen molar-refractivity contribution in [1.82, 2.24) is 15.1 Å². The number of nitrogens with zero attached hydrogens (tertiary/aromatic N) is 2. The van der Waals surface area contributed by atoms with Gasteiger partial charge in [0.15, 0.2) is 0 Å². The normalized spacial score (nSPS) is 37.6. The van der Waals surface area contributed by atoms with Crippen LogP contribution in [0.2, 0.25) is 0 Å². The molecule has 8 heteroatoms. The highest BCUT2D eigenvalue weighted by Crippen LogP contribution is 2.48. The molecule has 24 heavy (non-hydrogen) atoms. The number of carbonyl (C=O) groups is 3. The van der Waals surface area contributed by atoms with Crippen LogP contribution in [0, 0.1) is 11.8 Å². The fourth-order valence-corrected chi connectivity index (χ4v) is 4.56. The summed E-state index contributed by atoms with van der Waals surface area (Å²) in [6.45, 7) is 4.49. The fourth-order valence-electron chi connectivity index (χ4n) is 4.56. The number of nitrogens with one attached hydrogen (secondary N) is 1. The van der Waals surface area contributed by atoms with Crippen molar-refractivity contribution >= 4 is 30.1 Å². The van der Waals surface area contributed by atoms with Gasteiger partial charge in [0.05, 0.1) is 24.0 Å². The Morgan fingerprint density at radius 1 is 1.21 bits per heavy atom. The van der Waals surface area contributed by atoms with E-state index < -0.39 is 0 Å². The monoisotopic (exact) mass is 357 g/mol. The van der Waals surface area contributed by atoms with Crippen LogP contribution in [-0.2, 0) is 19.1 Å². The number of hydrogen-bond acceptors (Lipinski definition) is 5. The third-order valence-corrected chi connectivity index (χ3v) is 5.75. The van der Waals surface area contributed by atoms with Gasteiger partial charge in [0.2, 0.25) is 17.7 Å². The highest BCUT2D eigenvalue weighted by molar-refractivity contribution is 6.06. The summed E-state index contributed by atoms with van der Waals surface area (Å²) in [7, 11) is 0. The van der Waals surface area contributed by atoms with Crippen LogP contribution in [0.1, 0.15) is 26.2 Å². The lowest BCUT2D eigenvalue weighted by atomic mass is 9.81. The molecule has 3 amide bonds. The van der Waals surface area contributed by atoms with Gasteiger partial charge in [0.25, 0.3) is 0 Å². The van der Waals surface area contributed by atoms with E-state index in [9.17, 15) is 14.4 Å². The maximum absolute atomic E-state index is 12.5. The number of ether oxygens (including phenoxy) is 1. The lowest BCUT2D eigenvalue weighted by molar-refractivity contribution is -0.143. The molecule has 4 fully saturated rings. The van der Waals surface area contributed by atoms with Crippen LogP contribution >= 0.6 is 12.4 Å². The second-order valence-corrected chi connectivity index (χ2v) is 7.06. The molecule has 4 rings (SSSR count). The zero-order valence-corrected chi connectivity index (χ0v) is 14.6. The predicted octanol–water partition coefficient (Wildman–Crippen LogP) is -0.219.